The van der Waals surface area contributed by atoms with E-state index in [1.165, 1.54) is 6.07 Å². The number of hydrogen-bond acceptors (Lipinski definition) is 4. The third-order valence-corrected chi connectivity index (χ3v) is 2.83. The summed E-state index contributed by atoms with van der Waals surface area (Å²) in [6.07, 6.45) is 0. The fourth-order valence-corrected chi connectivity index (χ4v) is 1.60. The van der Waals surface area contributed by atoms with Crippen molar-refractivity contribution in [1.82, 2.24) is 5.32 Å². The predicted octanol–water partition coefficient (Wildman–Crippen LogP) is 1.06. The fourth-order valence-electron chi connectivity index (χ4n) is 1.60. The third kappa shape index (κ3) is 2.42. The predicted molar refractivity (Wildman–Crippen MR) is 62.8 cm³/mol. The van der Waals surface area contributed by atoms with Gasteiger partial charge < -0.3 is 10.6 Å². The molecular formula is C11H13N3O3. The van der Waals surface area contributed by atoms with Crippen LogP contribution in [-0.4, -0.2) is 23.9 Å². The minimum absolute atomic E-state index is 0.0227. The second kappa shape index (κ2) is 4.50. The summed E-state index contributed by atoms with van der Waals surface area (Å²) in [5.41, 5.74) is 1.08. The number of nitro benzene ring substituents is 1. The summed E-state index contributed by atoms with van der Waals surface area (Å²) in [5.74, 6) is -0.128. The summed E-state index contributed by atoms with van der Waals surface area (Å²) in [6.45, 7) is 3.00. The Morgan fingerprint density at radius 3 is 2.76 bits per heavy atom. The minimum atomic E-state index is -0.449. The molecule has 1 fully saturated rings. The number of hydrogen-bond donors (Lipinski definition) is 2. The Balaban J connectivity index is 2.13. The molecule has 90 valence electrons. The number of amides is 1. The van der Waals surface area contributed by atoms with Gasteiger partial charge in [0.1, 0.15) is 0 Å². The molecule has 6 heteroatoms. The zero-order chi connectivity index (χ0) is 12.4. The first-order valence-corrected chi connectivity index (χ1v) is 5.34. The first-order valence-electron chi connectivity index (χ1n) is 5.34. The largest absolute Gasteiger partial charge is 0.326 e. The number of carbonyl (C=O) groups excluding carboxylic acids is 1. The molecule has 17 heavy (non-hydrogen) atoms. The van der Waals surface area contributed by atoms with Gasteiger partial charge in [-0.05, 0) is 13.0 Å². The smallest absolute Gasteiger partial charge is 0.274 e. The third-order valence-electron chi connectivity index (χ3n) is 2.83. The Hall–Kier alpha value is -1.95. The number of benzene rings is 1. The van der Waals surface area contributed by atoms with Crippen molar-refractivity contribution in [2.75, 3.05) is 18.4 Å². The van der Waals surface area contributed by atoms with Gasteiger partial charge in [-0.2, -0.15) is 0 Å². The zero-order valence-electron chi connectivity index (χ0n) is 9.40. The Bertz CT molecular complexity index is 469. The molecule has 0 unspecified atom stereocenters. The molecule has 6 nitrogen and oxygen atoms in total. The highest BCUT2D eigenvalue weighted by Crippen LogP contribution is 2.22. The second-order valence-corrected chi connectivity index (χ2v) is 4.10. The van der Waals surface area contributed by atoms with Gasteiger partial charge in [0.05, 0.1) is 10.8 Å². The molecule has 2 rings (SSSR count). The van der Waals surface area contributed by atoms with Gasteiger partial charge in [0.2, 0.25) is 5.91 Å². The molecule has 1 heterocycles. The van der Waals surface area contributed by atoms with E-state index in [0.717, 1.165) is 0 Å². The topological polar surface area (TPSA) is 84.3 Å². The summed E-state index contributed by atoms with van der Waals surface area (Å²) in [6, 6.07) is 4.69. The zero-order valence-corrected chi connectivity index (χ0v) is 9.40. The maximum absolute atomic E-state index is 11.6. The quantitative estimate of drug-likeness (QED) is 0.606. The Labute approximate surface area is 98.2 Å². The Morgan fingerprint density at radius 2 is 2.24 bits per heavy atom. The van der Waals surface area contributed by atoms with Crippen LogP contribution >= 0.6 is 0 Å². The fraction of sp³-hybridized carbons (Fsp3) is 0.364. The number of aryl methyl sites for hydroxylation is 1. The van der Waals surface area contributed by atoms with Crippen LogP contribution in [0.25, 0.3) is 0 Å². The Kier molecular flexibility index (Phi) is 3.06. The van der Waals surface area contributed by atoms with E-state index in [2.05, 4.69) is 10.6 Å². The highest BCUT2D eigenvalue weighted by Gasteiger charge is 2.25. The van der Waals surface area contributed by atoms with Gasteiger partial charge in [-0.1, -0.05) is 6.07 Å². The van der Waals surface area contributed by atoms with E-state index in [1.54, 1.807) is 19.1 Å². The summed E-state index contributed by atoms with van der Waals surface area (Å²) < 4.78 is 0. The second-order valence-electron chi connectivity index (χ2n) is 4.10. The number of nitro groups is 1. The first kappa shape index (κ1) is 11.5. The van der Waals surface area contributed by atoms with E-state index < -0.39 is 4.92 Å². The standard InChI is InChI=1S/C11H13N3O3/c1-7-2-3-9(4-10(7)14(16)17)13-11(15)8-5-12-6-8/h2-4,8,12H,5-6H2,1H3,(H,13,15). The summed E-state index contributed by atoms with van der Waals surface area (Å²) in [5, 5.41) is 16.4. The van der Waals surface area contributed by atoms with Crippen molar-refractivity contribution < 1.29 is 9.72 Å². The molecule has 1 aliphatic rings. The Morgan fingerprint density at radius 1 is 1.53 bits per heavy atom. The summed E-state index contributed by atoms with van der Waals surface area (Å²) in [7, 11) is 0. The normalized spacial score (nSPS) is 15.1. The highest BCUT2D eigenvalue weighted by atomic mass is 16.6. The van der Waals surface area contributed by atoms with Crippen LogP contribution in [0.1, 0.15) is 5.56 Å². The van der Waals surface area contributed by atoms with E-state index in [9.17, 15) is 14.9 Å². The van der Waals surface area contributed by atoms with Crippen molar-refractivity contribution in [1.29, 1.82) is 0 Å². The average molecular weight is 235 g/mol. The minimum Gasteiger partial charge on any atom is -0.326 e. The van der Waals surface area contributed by atoms with Gasteiger partial charge in [-0.25, -0.2) is 0 Å². The summed E-state index contributed by atoms with van der Waals surface area (Å²) in [4.78, 5) is 21.9. The first-order chi connectivity index (χ1) is 8.08. The van der Waals surface area contributed by atoms with Crippen LogP contribution in [0.3, 0.4) is 0 Å². The molecule has 0 aliphatic carbocycles. The van der Waals surface area contributed by atoms with Gasteiger partial charge >= 0.3 is 0 Å². The lowest BCUT2D eigenvalue weighted by atomic mass is 10.0. The number of rotatable bonds is 3. The van der Waals surface area contributed by atoms with Crippen LogP contribution in [0.4, 0.5) is 11.4 Å². The van der Waals surface area contributed by atoms with Crippen LogP contribution < -0.4 is 10.6 Å². The average Bonchev–Trinajstić information content (AvgIpc) is 2.17. The molecule has 0 bridgehead atoms. The summed E-state index contributed by atoms with van der Waals surface area (Å²) >= 11 is 0. The van der Waals surface area contributed by atoms with Gasteiger partial charge in [0, 0.05) is 30.4 Å². The lowest BCUT2D eigenvalue weighted by molar-refractivity contribution is -0.385. The van der Waals surface area contributed by atoms with Crippen molar-refractivity contribution in [3.63, 3.8) is 0 Å². The van der Waals surface area contributed by atoms with E-state index in [1.807, 2.05) is 0 Å². The van der Waals surface area contributed by atoms with E-state index in [4.69, 9.17) is 0 Å². The maximum Gasteiger partial charge on any atom is 0.274 e. The van der Waals surface area contributed by atoms with E-state index in [-0.39, 0.29) is 17.5 Å². The van der Waals surface area contributed by atoms with Crippen LogP contribution in [0.15, 0.2) is 18.2 Å². The molecule has 1 aliphatic heterocycles. The molecule has 2 N–H and O–H groups in total. The number of carbonyl (C=O) groups is 1. The SMILES string of the molecule is Cc1ccc(NC(=O)C2CNC2)cc1[N+](=O)[O-]. The number of nitrogens with one attached hydrogen (secondary N) is 2. The monoisotopic (exact) mass is 235 g/mol. The van der Waals surface area contributed by atoms with Crippen molar-refractivity contribution in [2.45, 2.75) is 6.92 Å². The van der Waals surface area contributed by atoms with Crippen LogP contribution in [0.2, 0.25) is 0 Å². The molecule has 0 spiro atoms. The van der Waals surface area contributed by atoms with Crippen molar-refractivity contribution in [3.8, 4) is 0 Å². The number of anilines is 1. The molecule has 1 aromatic carbocycles. The molecular weight excluding hydrogens is 222 g/mol. The highest BCUT2D eigenvalue weighted by molar-refractivity contribution is 5.93. The lowest BCUT2D eigenvalue weighted by Gasteiger charge is -2.25. The van der Waals surface area contributed by atoms with Crippen LogP contribution in [0.5, 0.6) is 0 Å². The molecule has 0 atom stereocenters. The van der Waals surface area contributed by atoms with Crippen molar-refractivity contribution in [3.05, 3.63) is 33.9 Å². The molecule has 1 saturated heterocycles. The molecule has 0 aromatic heterocycles. The van der Waals surface area contributed by atoms with Crippen molar-refractivity contribution in [2.24, 2.45) is 5.92 Å². The van der Waals surface area contributed by atoms with Gasteiger partial charge in [-0.3, -0.25) is 14.9 Å². The molecule has 0 radical (unpaired) electrons. The van der Waals surface area contributed by atoms with Crippen LogP contribution in [0, 0.1) is 23.0 Å². The van der Waals surface area contributed by atoms with Gasteiger partial charge in [0.15, 0.2) is 0 Å². The molecule has 1 amide bonds. The van der Waals surface area contributed by atoms with Crippen LogP contribution in [-0.2, 0) is 4.79 Å². The van der Waals surface area contributed by atoms with E-state index in [0.29, 0.717) is 24.3 Å². The molecule has 1 aromatic rings. The van der Waals surface area contributed by atoms with Gasteiger partial charge in [0.25, 0.3) is 5.69 Å². The lowest BCUT2D eigenvalue weighted by Crippen LogP contribution is -2.48. The van der Waals surface area contributed by atoms with E-state index >= 15 is 0 Å². The van der Waals surface area contributed by atoms with Gasteiger partial charge in [-0.15, -0.1) is 0 Å². The number of nitrogens with zero attached hydrogens (tertiary/aromatic N) is 1. The van der Waals surface area contributed by atoms with Crippen molar-refractivity contribution >= 4 is 17.3 Å². The molecule has 0 saturated carbocycles. The maximum atomic E-state index is 11.6.